The molecule has 0 fully saturated rings. The summed E-state index contributed by atoms with van der Waals surface area (Å²) in [6.07, 6.45) is -3.32. The molecule has 0 radical (unpaired) electrons. The van der Waals surface area contributed by atoms with Gasteiger partial charge < -0.3 is 9.72 Å². The van der Waals surface area contributed by atoms with Crippen LogP contribution in [0.15, 0.2) is 53.8 Å². The van der Waals surface area contributed by atoms with Crippen LogP contribution < -0.4 is 4.74 Å². The largest absolute Gasteiger partial charge is 0.497 e. The molecule has 4 aromatic rings. The molecule has 0 saturated carbocycles. The molecule has 0 atom stereocenters. The zero-order valence-electron chi connectivity index (χ0n) is 15.9. The van der Waals surface area contributed by atoms with Gasteiger partial charge in [0, 0.05) is 16.7 Å². The van der Waals surface area contributed by atoms with Crippen molar-refractivity contribution in [2.45, 2.75) is 17.0 Å². The summed E-state index contributed by atoms with van der Waals surface area (Å²) >= 11 is 1.30. The van der Waals surface area contributed by atoms with Gasteiger partial charge in [0.05, 0.1) is 35.6 Å². The number of fused-ring (bicyclic) bond motifs is 1. The van der Waals surface area contributed by atoms with Gasteiger partial charge in [0.15, 0.2) is 11.6 Å². The van der Waals surface area contributed by atoms with Gasteiger partial charge in [0.2, 0.25) is 0 Å². The Morgan fingerprint density at radius 1 is 1.03 bits per heavy atom. The number of benzene rings is 2. The van der Waals surface area contributed by atoms with E-state index in [0.717, 1.165) is 18.0 Å². The fourth-order valence-corrected chi connectivity index (χ4v) is 3.99. The van der Waals surface area contributed by atoms with Gasteiger partial charge in [-0.3, -0.25) is 0 Å². The molecule has 2 aromatic carbocycles. The number of hydrogen-bond donors (Lipinski definition) is 1. The lowest BCUT2D eigenvalue weighted by Crippen LogP contribution is -2.09. The van der Waals surface area contributed by atoms with E-state index in [0.29, 0.717) is 22.6 Å². The van der Waals surface area contributed by atoms with Crippen LogP contribution in [0, 0.1) is 11.6 Å². The highest BCUT2D eigenvalue weighted by Crippen LogP contribution is 2.42. The molecule has 0 saturated heterocycles. The lowest BCUT2D eigenvalue weighted by molar-refractivity contribution is -0.137. The summed E-state index contributed by atoms with van der Waals surface area (Å²) < 4.78 is 73.8. The monoisotopic (exact) mass is 451 g/mol. The fourth-order valence-electron chi connectivity index (χ4n) is 3.10. The maximum atomic E-state index is 14.5. The van der Waals surface area contributed by atoms with Crippen LogP contribution in [0.5, 0.6) is 5.75 Å². The van der Waals surface area contributed by atoms with Gasteiger partial charge in [0.25, 0.3) is 0 Å². The molecule has 0 aliphatic heterocycles. The van der Waals surface area contributed by atoms with Gasteiger partial charge in [-0.05, 0) is 29.8 Å². The number of H-pyrrole nitrogens is 1. The SMILES string of the molecule is COc1ccc(CSc2cc3c(-c4ncc(F)cn4)c(C(F)(F)F)cc(F)c3[nH]2)cc1. The number of aromatic amines is 1. The maximum absolute atomic E-state index is 14.5. The van der Waals surface area contributed by atoms with E-state index in [1.165, 1.54) is 17.8 Å². The Morgan fingerprint density at radius 2 is 1.71 bits per heavy atom. The molecule has 0 aliphatic rings. The number of halogens is 5. The van der Waals surface area contributed by atoms with Crippen molar-refractivity contribution in [2.24, 2.45) is 0 Å². The standard InChI is InChI=1S/C21H14F5N3OS/c1-30-13-4-2-11(3-5-13)10-31-17-6-14-18(20-27-8-12(22)9-28-20)15(21(24,25)26)7-16(23)19(14)29-17/h2-9,29H,10H2,1H3. The Morgan fingerprint density at radius 3 is 2.32 bits per heavy atom. The third-order valence-electron chi connectivity index (χ3n) is 4.54. The lowest BCUT2D eigenvalue weighted by atomic mass is 10.0. The Labute approximate surface area is 177 Å². The van der Waals surface area contributed by atoms with Crippen molar-refractivity contribution < 1.29 is 26.7 Å². The van der Waals surface area contributed by atoms with Crippen molar-refractivity contribution in [3.05, 3.63) is 71.6 Å². The van der Waals surface area contributed by atoms with Crippen LogP contribution >= 0.6 is 11.8 Å². The summed E-state index contributed by atoms with van der Waals surface area (Å²) in [6, 6.07) is 9.12. The summed E-state index contributed by atoms with van der Waals surface area (Å²) in [5.74, 6) is -0.994. The average molecular weight is 451 g/mol. The maximum Gasteiger partial charge on any atom is 0.417 e. The number of methoxy groups -OCH3 is 1. The molecule has 2 aromatic heterocycles. The Hall–Kier alpha value is -3.14. The highest BCUT2D eigenvalue weighted by atomic mass is 32.2. The Balaban J connectivity index is 1.77. The molecule has 4 nitrogen and oxygen atoms in total. The molecule has 160 valence electrons. The molecule has 0 aliphatic carbocycles. The zero-order chi connectivity index (χ0) is 22.2. The minimum absolute atomic E-state index is 0.0313. The van der Waals surface area contributed by atoms with E-state index in [-0.39, 0.29) is 16.7 Å². The molecule has 4 rings (SSSR count). The normalized spacial score (nSPS) is 11.8. The van der Waals surface area contributed by atoms with Gasteiger partial charge in [0.1, 0.15) is 11.6 Å². The summed E-state index contributed by atoms with van der Waals surface area (Å²) in [4.78, 5) is 10.2. The van der Waals surface area contributed by atoms with Gasteiger partial charge in [-0.25, -0.2) is 18.7 Å². The molecular weight excluding hydrogens is 437 g/mol. The van der Waals surface area contributed by atoms with Crippen molar-refractivity contribution >= 4 is 22.7 Å². The summed E-state index contributed by atoms with van der Waals surface area (Å²) in [7, 11) is 1.56. The van der Waals surface area contributed by atoms with E-state index in [1.54, 1.807) is 19.2 Å². The highest BCUT2D eigenvalue weighted by Gasteiger charge is 2.37. The van der Waals surface area contributed by atoms with Crippen LogP contribution in [0.4, 0.5) is 22.0 Å². The van der Waals surface area contributed by atoms with Crippen LogP contribution in [0.2, 0.25) is 0 Å². The van der Waals surface area contributed by atoms with E-state index in [9.17, 15) is 22.0 Å². The van der Waals surface area contributed by atoms with Gasteiger partial charge in [-0.1, -0.05) is 12.1 Å². The molecule has 2 heterocycles. The first-order chi connectivity index (χ1) is 14.8. The third kappa shape index (κ3) is 4.34. The number of rotatable bonds is 5. The van der Waals surface area contributed by atoms with E-state index < -0.39 is 28.9 Å². The van der Waals surface area contributed by atoms with E-state index in [4.69, 9.17) is 4.74 Å². The number of aromatic nitrogens is 3. The molecule has 0 unspecified atom stereocenters. The Bertz CT molecular complexity index is 1220. The van der Waals surface area contributed by atoms with Crippen LogP contribution in [0.1, 0.15) is 11.1 Å². The second-order valence-electron chi connectivity index (χ2n) is 6.56. The van der Waals surface area contributed by atoms with Crippen LogP contribution in [-0.4, -0.2) is 22.1 Å². The molecule has 0 bridgehead atoms. The summed E-state index contributed by atoms with van der Waals surface area (Å²) in [5.41, 5.74) is -0.789. The van der Waals surface area contributed by atoms with Gasteiger partial charge >= 0.3 is 6.18 Å². The minimum atomic E-state index is -4.85. The van der Waals surface area contributed by atoms with Crippen molar-refractivity contribution in [2.75, 3.05) is 7.11 Å². The van der Waals surface area contributed by atoms with E-state index in [1.807, 2.05) is 12.1 Å². The van der Waals surface area contributed by atoms with E-state index >= 15 is 0 Å². The number of ether oxygens (including phenoxy) is 1. The van der Waals surface area contributed by atoms with Crippen molar-refractivity contribution in [1.82, 2.24) is 15.0 Å². The van der Waals surface area contributed by atoms with Crippen molar-refractivity contribution in [3.8, 4) is 17.1 Å². The third-order valence-corrected chi connectivity index (χ3v) is 5.55. The second kappa shape index (κ2) is 8.18. The molecule has 0 amide bonds. The number of nitrogens with zero attached hydrogens (tertiary/aromatic N) is 2. The zero-order valence-corrected chi connectivity index (χ0v) is 16.7. The average Bonchev–Trinajstić information content (AvgIpc) is 3.17. The first kappa shape index (κ1) is 21.1. The summed E-state index contributed by atoms with van der Waals surface area (Å²) in [6.45, 7) is 0. The van der Waals surface area contributed by atoms with Crippen molar-refractivity contribution in [1.29, 1.82) is 0 Å². The van der Waals surface area contributed by atoms with Crippen LogP contribution in [0.25, 0.3) is 22.3 Å². The highest BCUT2D eigenvalue weighted by molar-refractivity contribution is 7.98. The van der Waals surface area contributed by atoms with Gasteiger partial charge in [-0.15, -0.1) is 11.8 Å². The van der Waals surface area contributed by atoms with Crippen LogP contribution in [-0.2, 0) is 11.9 Å². The number of alkyl halides is 3. The number of nitrogens with one attached hydrogen (secondary N) is 1. The number of thioether (sulfide) groups is 1. The second-order valence-corrected chi connectivity index (χ2v) is 7.58. The predicted octanol–water partition coefficient (Wildman–Crippen LogP) is 6.22. The molecule has 1 N–H and O–H groups in total. The minimum Gasteiger partial charge on any atom is -0.497 e. The first-order valence-corrected chi connectivity index (χ1v) is 9.91. The Kier molecular flexibility index (Phi) is 5.57. The van der Waals surface area contributed by atoms with Crippen molar-refractivity contribution in [3.63, 3.8) is 0 Å². The molecule has 10 heteroatoms. The molecular formula is C21H14F5N3OS. The first-order valence-electron chi connectivity index (χ1n) is 8.92. The predicted molar refractivity (Wildman–Crippen MR) is 107 cm³/mol. The number of hydrogen-bond acceptors (Lipinski definition) is 4. The van der Waals surface area contributed by atoms with Crippen LogP contribution in [0.3, 0.4) is 0 Å². The summed E-state index contributed by atoms with van der Waals surface area (Å²) in [5, 5.41) is 0.434. The molecule has 31 heavy (non-hydrogen) atoms. The quantitative estimate of drug-likeness (QED) is 0.289. The topological polar surface area (TPSA) is 50.8 Å². The smallest absolute Gasteiger partial charge is 0.417 e. The lowest BCUT2D eigenvalue weighted by Gasteiger charge is -2.13. The van der Waals surface area contributed by atoms with E-state index in [2.05, 4.69) is 15.0 Å². The fraction of sp³-hybridized carbons (Fsp3) is 0.143. The van der Waals surface area contributed by atoms with Gasteiger partial charge in [-0.2, -0.15) is 13.2 Å². The molecule has 0 spiro atoms.